The second-order valence-electron chi connectivity index (χ2n) is 4.69. The maximum atomic E-state index is 10.5. The van der Waals surface area contributed by atoms with E-state index in [1.807, 2.05) is 48.9 Å². The number of hydrogen-bond donors (Lipinski definition) is 1. The number of aliphatic hydroxyl groups is 1. The summed E-state index contributed by atoms with van der Waals surface area (Å²) in [5.41, 5.74) is 0.908. The van der Waals surface area contributed by atoms with E-state index < -0.39 is 6.10 Å². The van der Waals surface area contributed by atoms with Gasteiger partial charge in [-0.25, -0.2) is 9.67 Å². The lowest BCUT2D eigenvalue weighted by Crippen LogP contribution is -2.18. The minimum absolute atomic E-state index is 0.120. The van der Waals surface area contributed by atoms with Crippen LogP contribution in [-0.4, -0.2) is 19.9 Å². The summed E-state index contributed by atoms with van der Waals surface area (Å²) in [6.45, 7) is 6.07. The van der Waals surface area contributed by atoms with E-state index in [9.17, 15) is 5.11 Å². The second-order valence-corrected chi connectivity index (χ2v) is 4.69. The Bertz CT molecular complexity index is 521. The molecular formula is C15H21N3O. The molecule has 19 heavy (non-hydrogen) atoms. The molecule has 0 amide bonds. The van der Waals surface area contributed by atoms with Crippen molar-refractivity contribution in [2.24, 2.45) is 0 Å². The van der Waals surface area contributed by atoms with Gasteiger partial charge < -0.3 is 5.11 Å². The van der Waals surface area contributed by atoms with Gasteiger partial charge in [-0.1, -0.05) is 44.2 Å². The molecule has 1 aromatic heterocycles. The Hall–Kier alpha value is -1.68. The molecule has 0 radical (unpaired) electrons. The first-order valence-corrected chi connectivity index (χ1v) is 6.84. The van der Waals surface area contributed by atoms with Crippen LogP contribution in [0.3, 0.4) is 0 Å². The van der Waals surface area contributed by atoms with Gasteiger partial charge in [0.2, 0.25) is 0 Å². The molecule has 2 unspecified atom stereocenters. The average Bonchev–Trinajstić information content (AvgIpc) is 2.90. The molecule has 0 aliphatic carbocycles. The lowest BCUT2D eigenvalue weighted by molar-refractivity contribution is 0.113. The van der Waals surface area contributed by atoms with Gasteiger partial charge in [0.05, 0.1) is 6.04 Å². The third kappa shape index (κ3) is 2.84. The van der Waals surface area contributed by atoms with Crippen molar-refractivity contribution in [1.29, 1.82) is 0 Å². The molecule has 2 atom stereocenters. The number of aromatic nitrogens is 3. The molecule has 102 valence electrons. The summed E-state index contributed by atoms with van der Waals surface area (Å²) in [7, 11) is 0. The number of benzene rings is 1. The normalized spacial score (nSPS) is 14.3. The fourth-order valence-corrected chi connectivity index (χ4v) is 2.18. The number of nitrogens with zero attached hydrogens (tertiary/aromatic N) is 3. The molecule has 0 bridgehead atoms. The maximum Gasteiger partial charge on any atom is 0.150 e. The molecular weight excluding hydrogens is 238 g/mol. The van der Waals surface area contributed by atoms with E-state index in [4.69, 9.17) is 0 Å². The molecule has 2 rings (SSSR count). The Labute approximate surface area is 114 Å². The van der Waals surface area contributed by atoms with Crippen LogP contribution in [0.5, 0.6) is 0 Å². The van der Waals surface area contributed by atoms with E-state index in [1.165, 1.54) is 0 Å². The number of rotatable bonds is 5. The van der Waals surface area contributed by atoms with Crippen molar-refractivity contribution >= 4 is 0 Å². The lowest BCUT2D eigenvalue weighted by atomic mass is 10.0. The predicted octanol–water partition coefficient (Wildman–Crippen LogP) is 2.70. The third-order valence-electron chi connectivity index (χ3n) is 3.36. The molecule has 0 spiro atoms. The van der Waals surface area contributed by atoms with E-state index in [1.54, 1.807) is 0 Å². The predicted molar refractivity (Wildman–Crippen MR) is 74.9 cm³/mol. The quantitative estimate of drug-likeness (QED) is 0.898. The van der Waals surface area contributed by atoms with Gasteiger partial charge in [-0.3, -0.25) is 0 Å². The fraction of sp³-hybridized carbons (Fsp3) is 0.467. The summed E-state index contributed by atoms with van der Waals surface area (Å²) in [6.07, 6.45) is 1.06. The van der Waals surface area contributed by atoms with E-state index in [2.05, 4.69) is 17.0 Å². The first-order valence-electron chi connectivity index (χ1n) is 6.84. The van der Waals surface area contributed by atoms with Gasteiger partial charge in [0.15, 0.2) is 5.82 Å². The van der Waals surface area contributed by atoms with E-state index in [0.717, 1.165) is 30.1 Å². The highest BCUT2D eigenvalue weighted by atomic mass is 16.3. The summed E-state index contributed by atoms with van der Waals surface area (Å²) in [6, 6.07) is 9.57. The van der Waals surface area contributed by atoms with Crippen LogP contribution in [0.25, 0.3) is 0 Å². The highest BCUT2D eigenvalue weighted by Crippen LogP contribution is 2.26. The molecule has 0 saturated heterocycles. The molecule has 2 aromatic rings. The van der Waals surface area contributed by atoms with Crippen LogP contribution in [0.1, 0.15) is 50.1 Å². The fourth-order valence-electron chi connectivity index (χ4n) is 2.18. The molecule has 1 heterocycles. The second kappa shape index (κ2) is 5.97. The van der Waals surface area contributed by atoms with Crippen LogP contribution in [-0.2, 0) is 12.8 Å². The molecule has 4 nitrogen and oxygen atoms in total. The topological polar surface area (TPSA) is 50.9 Å². The standard InChI is InChI=1S/C15H21N3O/c1-4-13-16-14(5-2)18(17-13)11(3)15(19)12-9-7-6-8-10-12/h6-11,15,19H,4-5H2,1-3H3. The van der Waals surface area contributed by atoms with Gasteiger partial charge in [0, 0.05) is 12.8 Å². The van der Waals surface area contributed by atoms with Crippen molar-refractivity contribution in [2.45, 2.75) is 45.8 Å². The molecule has 0 aliphatic heterocycles. The molecule has 0 saturated carbocycles. The zero-order valence-corrected chi connectivity index (χ0v) is 11.7. The Morgan fingerprint density at radius 3 is 2.42 bits per heavy atom. The van der Waals surface area contributed by atoms with Crippen LogP contribution >= 0.6 is 0 Å². The monoisotopic (exact) mass is 259 g/mol. The summed E-state index contributed by atoms with van der Waals surface area (Å²) in [4.78, 5) is 4.49. The molecule has 1 aromatic carbocycles. The van der Waals surface area contributed by atoms with E-state index in [-0.39, 0.29) is 6.04 Å². The highest BCUT2D eigenvalue weighted by molar-refractivity contribution is 5.18. The smallest absolute Gasteiger partial charge is 0.150 e. The van der Waals surface area contributed by atoms with Crippen LogP contribution in [0.2, 0.25) is 0 Å². The van der Waals surface area contributed by atoms with E-state index >= 15 is 0 Å². The van der Waals surface area contributed by atoms with Gasteiger partial charge in [-0.2, -0.15) is 5.10 Å². The molecule has 4 heteroatoms. The molecule has 1 N–H and O–H groups in total. The van der Waals surface area contributed by atoms with Crippen molar-refractivity contribution < 1.29 is 5.11 Å². The zero-order valence-electron chi connectivity index (χ0n) is 11.7. The Morgan fingerprint density at radius 2 is 1.84 bits per heavy atom. The Balaban J connectivity index is 2.28. The number of aliphatic hydroxyl groups excluding tert-OH is 1. The Morgan fingerprint density at radius 1 is 1.16 bits per heavy atom. The van der Waals surface area contributed by atoms with Crippen LogP contribution in [0.15, 0.2) is 30.3 Å². The first kappa shape index (κ1) is 13.7. The van der Waals surface area contributed by atoms with Gasteiger partial charge in [0.25, 0.3) is 0 Å². The van der Waals surface area contributed by atoms with Gasteiger partial charge in [-0.15, -0.1) is 0 Å². The summed E-state index contributed by atoms with van der Waals surface area (Å²) in [5.74, 6) is 1.77. The van der Waals surface area contributed by atoms with Crippen LogP contribution in [0, 0.1) is 0 Å². The summed E-state index contributed by atoms with van der Waals surface area (Å²) >= 11 is 0. The molecule has 0 aliphatic rings. The highest BCUT2D eigenvalue weighted by Gasteiger charge is 2.21. The van der Waals surface area contributed by atoms with Crippen molar-refractivity contribution in [3.8, 4) is 0 Å². The first-order chi connectivity index (χ1) is 9.17. The SMILES string of the molecule is CCc1nc(CC)n(C(C)C(O)c2ccccc2)n1. The van der Waals surface area contributed by atoms with Crippen molar-refractivity contribution in [3.63, 3.8) is 0 Å². The minimum atomic E-state index is -0.571. The van der Waals surface area contributed by atoms with Crippen LogP contribution < -0.4 is 0 Å². The Kier molecular flexibility index (Phi) is 4.32. The largest absolute Gasteiger partial charge is 0.386 e. The zero-order chi connectivity index (χ0) is 13.8. The van der Waals surface area contributed by atoms with Gasteiger partial charge in [0.1, 0.15) is 11.9 Å². The van der Waals surface area contributed by atoms with Gasteiger partial charge >= 0.3 is 0 Å². The minimum Gasteiger partial charge on any atom is -0.386 e. The maximum absolute atomic E-state index is 10.5. The van der Waals surface area contributed by atoms with Gasteiger partial charge in [-0.05, 0) is 12.5 Å². The third-order valence-corrected chi connectivity index (χ3v) is 3.36. The average molecular weight is 259 g/mol. The van der Waals surface area contributed by atoms with Crippen molar-refractivity contribution in [3.05, 3.63) is 47.5 Å². The summed E-state index contributed by atoms with van der Waals surface area (Å²) in [5, 5.41) is 14.9. The van der Waals surface area contributed by atoms with Crippen molar-refractivity contribution in [2.75, 3.05) is 0 Å². The lowest BCUT2D eigenvalue weighted by Gasteiger charge is -2.20. The van der Waals surface area contributed by atoms with Crippen LogP contribution in [0.4, 0.5) is 0 Å². The van der Waals surface area contributed by atoms with E-state index in [0.29, 0.717) is 0 Å². The summed E-state index contributed by atoms with van der Waals surface area (Å²) < 4.78 is 1.86. The number of aryl methyl sites for hydroxylation is 2. The number of hydrogen-bond acceptors (Lipinski definition) is 3. The molecule has 0 fully saturated rings. The van der Waals surface area contributed by atoms with Crippen molar-refractivity contribution in [1.82, 2.24) is 14.8 Å².